The van der Waals surface area contributed by atoms with E-state index in [-0.39, 0.29) is 0 Å². The molecule has 0 aromatic heterocycles. The van der Waals surface area contributed by atoms with Crippen molar-refractivity contribution in [3.05, 3.63) is 53.6 Å². The smallest absolute Gasteiger partial charge is 0.163 e. The fourth-order valence-electron chi connectivity index (χ4n) is 2.30. The Labute approximate surface area is 139 Å². The van der Waals surface area contributed by atoms with E-state index in [0.717, 1.165) is 36.6 Å². The van der Waals surface area contributed by atoms with Crippen LogP contribution >= 0.6 is 0 Å². The molecule has 2 aromatic rings. The van der Waals surface area contributed by atoms with E-state index in [1.807, 2.05) is 18.2 Å². The molecule has 0 aliphatic rings. The first-order valence-electron chi connectivity index (χ1n) is 8.42. The van der Waals surface area contributed by atoms with Gasteiger partial charge in [-0.2, -0.15) is 0 Å². The lowest BCUT2D eigenvalue weighted by Gasteiger charge is -2.14. The standard InChI is InChI=1S/C20H27NO2/c1-4-11-22-19-10-9-18(14-20(19)23-12-5-2)21-15-17-8-6-7-16(3)13-17/h6-10,13-14,21H,4-5,11-12,15H2,1-3H3. The van der Waals surface area contributed by atoms with E-state index in [0.29, 0.717) is 13.2 Å². The van der Waals surface area contributed by atoms with Crippen LogP contribution < -0.4 is 14.8 Å². The average molecular weight is 313 g/mol. The summed E-state index contributed by atoms with van der Waals surface area (Å²) < 4.78 is 11.6. The molecule has 0 saturated heterocycles. The first kappa shape index (κ1) is 17.2. The fourth-order valence-corrected chi connectivity index (χ4v) is 2.30. The van der Waals surface area contributed by atoms with Crippen LogP contribution in [-0.2, 0) is 6.54 Å². The van der Waals surface area contributed by atoms with Gasteiger partial charge in [0.1, 0.15) is 0 Å². The summed E-state index contributed by atoms with van der Waals surface area (Å²) in [6.45, 7) is 8.52. The molecular weight excluding hydrogens is 286 g/mol. The number of nitrogens with one attached hydrogen (secondary N) is 1. The van der Waals surface area contributed by atoms with Crippen LogP contribution in [0.2, 0.25) is 0 Å². The summed E-state index contributed by atoms with van der Waals surface area (Å²) in [5.74, 6) is 1.64. The number of aryl methyl sites for hydroxylation is 1. The lowest BCUT2D eigenvalue weighted by molar-refractivity contribution is 0.268. The van der Waals surface area contributed by atoms with Gasteiger partial charge in [-0.25, -0.2) is 0 Å². The maximum Gasteiger partial charge on any atom is 0.163 e. The van der Waals surface area contributed by atoms with Gasteiger partial charge >= 0.3 is 0 Å². The third-order valence-corrected chi connectivity index (χ3v) is 3.45. The highest BCUT2D eigenvalue weighted by atomic mass is 16.5. The molecule has 124 valence electrons. The topological polar surface area (TPSA) is 30.5 Å². The van der Waals surface area contributed by atoms with Crippen molar-refractivity contribution in [2.45, 2.75) is 40.2 Å². The molecule has 23 heavy (non-hydrogen) atoms. The molecule has 2 rings (SSSR count). The van der Waals surface area contributed by atoms with E-state index in [2.05, 4.69) is 50.4 Å². The molecule has 0 bridgehead atoms. The Hall–Kier alpha value is -2.16. The van der Waals surface area contributed by atoms with E-state index in [9.17, 15) is 0 Å². The summed E-state index contributed by atoms with van der Waals surface area (Å²) in [6, 6.07) is 14.6. The highest BCUT2D eigenvalue weighted by Crippen LogP contribution is 2.31. The van der Waals surface area contributed by atoms with Crippen molar-refractivity contribution in [1.29, 1.82) is 0 Å². The van der Waals surface area contributed by atoms with Crippen LogP contribution in [0.1, 0.15) is 37.8 Å². The number of hydrogen-bond donors (Lipinski definition) is 1. The van der Waals surface area contributed by atoms with Crippen molar-refractivity contribution < 1.29 is 9.47 Å². The Morgan fingerprint density at radius 3 is 2.30 bits per heavy atom. The van der Waals surface area contributed by atoms with Crippen LogP contribution in [0, 0.1) is 6.92 Å². The monoisotopic (exact) mass is 313 g/mol. The van der Waals surface area contributed by atoms with Gasteiger partial charge in [-0.1, -0.05) is 43.7 Å². The summed E-state index contributed by atoms with van der Waals surface area (Å²) in [5.41, 5.74) is 3.59. The predicted molar refractivity (Wildman–Crippen MR) is 96.5 cm³/mol. The summed E-state index contributed by atoms with van der Waals surface area (Å²) in [4.78, 5) is 0. The van der Waals surface area contributed by atoms with Gasteiger partial charge in [0.05, 0.1) is 13.2 Å². The number of anilines is 1. The minimum absolute atomic E-state index is 0.698. The quantitative estimate of drug-likeness (QED) is 0.691. The van der Waals surface area contributed by atoms with Crippen LogP contribution in [-0.4, -0.2) is 13.2 Å². The van der Waals surface area contributed by atoms with Gasteiger partial charge in [-0.3, -0.25) is 0 Å². The zero-order chi connectivity index (χ0) is 16.5. The summed E-state index contributed by atoms with van der Waals surface area (Å²) >= 11 is 0. The van der Waals surface area contributed by atoms with Gasteiger partial charge in [0.15, 0.2) is 11.5 Å². The maximum absolute atomic E-state index is 5.83. The Morgan fingerprint density at radius 2 is 1.61 bits per heavy atom. The molecule has 0 amide bonds. The van der Waals surface area contributed by atoms with Gasteiger partial charge < -0.3 is 14.8 Å². The second-order valence-electron chi connectivity index (χ2n) is 5.70. The van der Waals surface area contributed by atoms with Crippen molar-refractivity contribution >= 4 is 5.69 Å². The van der Waals surface area contributed by atoms with Crippen molar-refractivity contribution in [3.8, 4) is 11.5 Å². The SMILES string of the molecule is CCCOc1ccc(NCc2cccc(C)c2)cc1OCCC. The molecule has 0 aliphatic carbocycles. The Morgan fingerprint density at radius 1 is 0.870 bits per heavy atom. The molecule has 1 N–H and O–H groups in total. The van der Waals surface area contributed by atoms with Crippen LogP contribution in [0.5, 0.6) is 11.5 Å². The zero-order valence-corrected chi connectivity index (χ0v) is 14.4. The van der Waals surface area contributed by atoms with E-state index >= 15 is 0 Å². The highest BCUT2D eigenvalue weighted by molar-refractivity contribution is 5.55. The number of benzene rings is 2. The minimum atomic E-state index is 0.698. The van der Waals surface area contributed by atoms with Crippen molar-refractivity contribution in [2.75, 3.05) is 18.5 Å². The second kappa shape index (κ2) is 9.09. The molecule has 0 atom stereocenters. The summed E-state index contributed by atoms with van der Waals surface area (Å²) in [7, 11) is 0. The van der Waals surface area contributed by atoms with Crippen molar-refractivity contribution in [2.24, 2.45) is 0 Å². The van der Waals surface area contributed by atoms with E-state index in [1.165, 1.54) is 11.1 Å². The molecule has 0 heterocycles. The summed E-state index contributed by atoms with van der Waals surface area (Å²) in [5, 5.41) is 3.45. The zero-order valence-electron chi connectivity index (χ0n) is 14.4. The molecule has 3 heteroatoms. The number of rotatable bonds is 9. The number of hydrogen-bond acceptors (Lipinski definition) is 3. The van der Waals surface area contributed by atoms with E-state index in [4.69, 9.17) is 9.47 Å². The van der Waals surface area contributed by atoms with Gasteiger partial charge in [-0.15, -0.1) is 0 Å². The molecule has 0 saturated carbocycles. The molecule has 2 aromatic carbocycles. The molecular formula is C20H27NO2. The van der Waals surface area contributed by atoms with Crippen LogP contribution in [0.25, 0.3) is 0 Å². The molecule has 0 spiro atoms. The lowest BCUT2D eigenvalue weighted by Crippen LogP contribution is -2.03. The van der Waals surface area contributed by atoms with Gasteiger partial charge in [0, 0.05) is 18.3 Å². The van der Waals surface area contributed by atoms with Crippen LogP contribution in [0.15, 0.2) is 42.5 Å². The molecule has 3 nitrogen and oxygen atoms in total. The predicted octanol–water partition coefficient (Wildman–Crippen LogP) is 5.18. The molecule has 0 fully saturated rings. The third kappa shape index (κ3) is 5.51. The Balaban J connectivity index is 2.06. The normalized spacial score (nSPS) is 10.4. The van der Waals surface area contributed by atoms with Gasteiger partial charge in [0.2, 0.25) is 0 Å². The van der Waals surface area contributed by atoms with Gasteiger partial charge in [0.25, 0.3) is 0 Å². The lowest BCUT2D eigenvalue weighted by atomic mass is 10.1. The van der Waals surface area contributed by atoms with Crippen molar-refractivity contribution in [3.63, 3.8) is 0 Å². The summed E-state index contributed by atoms with van der Waals surface area (Å²) in [6.07, 6.45) is 1.97. The highest BCUT2D eigenvalue weighted by Gasteiger charge is 2.07. The maximum atomic E-state index is 5.83. The average Bonchev–Trinajstić information content (AvgIpc) is 2.57. The number of ether oxygens (including phenoxy) is 2. The first-order valence-corrected chi connectivity index (χ1v) is 8.42. The molecule has 0 radical (unpaired) electrons. The van der Waals surface area contributed by atoms with Crippen molar-refractivity contribution in [1.82, 2.24) is 0 Å². The van der Waals surface area contributed by atoms with Crippen LogP contribution in [0.3, 0.4) is 0 Å². The largest absolute Gasteiger partial charge is 0.490 e. The third-order valence-electron chi connectivity index (χ3n) is 3.45. The van der Waals surface area contributed by atoms with E-state index in [1.54, 1.807) is 0 Å². The first-order chi connectivity index (χ1) is 11.2. The molecule has 0 aliphatic heterocycles. The molecule has 0 unspecified atom stereocenters. The van der Waals surface area contributed by atoms with E-state index < -0.39 is 0 Å². The minimum Gasteiger partial charge on any atom is -0.490 e. The second-order valence-corrected chi connectivity index (χ2v) is 5.70. The Bertz CT molecular complexity index is 610. The van der Waals surface area contributed by atoms with Crippen LogP contribution in [0.4, 0.5) is 5.69 Å². The fraction of sp³-hybridized carbons (Fsp3) is 0.400. The van der Waals surface area contributed by atoms with Gasteiger partial charge in [-0.05, 0) is 37.5 Å². The Kier molecular flexibility index (Phi) is 6.79.